The minimum atomic E-state index is 0.239. The SMILES string of the molecule is O=C1CCCN1CCNC(=S)Nc1cccnc1. The Morgan fingerprint density at radius 3 is 3.11 bits per heavy atom. The van der Waals surface area contributed by atoms with E-state index in [1.54, 1.807) is 12.4 Å². The largest absolute Gasteiger partial charge is 0.361 e. The maximum absolute atomic E-state index is 11.4. The number of hydrogen-bond acceptors (Lipinski definition) is 3. The molecule has 96 valence electrons. The number of likely N-dealkylation sites (tertiary alicyclic amines) is 1. The molecule has 1 saturated heterocycles. The van der Waals surface area contributed by atoms with Gasteiger partial charge in [-0.3, -0.25) is 9.78 Å². The van der Waals surface area contributed by atoms with Gasteiger partial charge in [-0.1, -0.05) is 0 Å². The number of aromatic nitrogens is 1. The first-order chi connectivity index (χ1) is 8.75. The predicted molar refractivity (Wildman–Crippen MR) is 74.3 cm³/mol. The van der Waals surface area contributed by atoms with E-state index < -0.39 is 0 Å². The second-order valence-electron chi connectivity index (χ2n) is 4.11. The number of carbonyl (C=O) groups is 1. The highest BCUT2D eigenvalue weighted by Crippen LogP contribution is 2.08. The summed E-state index contributed by atoms with van der Waals surface area (Å²) in [4.78, 5) is 17.2. The van der Waals surface area contributed by atoms with Crippen LogP contribution in [0.5, 0.6) is 0 Å². The van der Waals surface area contributed by atoms with Crippen LogP contribution in [0.1, 0.15) is 12.8 Å². The second-order valence-corrected chi connectivity index (χ2v) is 4.52. The van der Waals surface area contributed by atoms with Crippen LogP contribution in [0.25, 0.3) is 0 Å². The van der Waals surface area contributed by atoms with Crippen LogP contribution in [0, 0.1) is 0 Å². The van der Waals surface area contributed by atoms with Crippen molar-refractivity contribution in [3.8, 4) is 0 Å². The van der Waals surface area contributed by atoms with Crippen molar-refractivity contribution in [2.24, 2.45) is 0 Å². The first-order valence-corrected chi connectivity index (χ1v) is 6.39. The van der Waals surface area contributed by atoms with Gasteiger partial charge in [-0.15, -0.1) is 0 Å². The van der Waals surface area contributed by atoms with Crippen LogP contribution in [0.15, 0.2) is 24.5 Å². The summed E-state index contributed by atoms with van der Waals surface area (Å²) in [6.45, 7) is 2.23. The molecule has 5 nitrogen and oxygen atoms in total. The summed E-state index contributed by atoms with van der Waals surface area (Å²) in [5.74, 6) is 0.239. The number of rotatable bonds is 4. The lowest BCUT2D eigenvalue weighted by atomic mass is 10.4. The zero-order valence-corrected chi connectivity index (χ0v) is 10.9. The van der Waals surface area contributed by atoms with Gasteiger partial charge in [-0.2, -0.15) is 0 Å². The van der Waals surface area contributed by atoms with Gasteiger partial charge in [0.1, 0.15) is 0 Å². The maximum atomic E-state index is 11.4. The fraction of sp³-hybridized carbons (Fsp3) is 0.417. The molecule has 0 atom stereocenters. The quantitative estimate of drug-likeness (QED) is 0.794. The first kappa shape index (κ1) is 12.8. The Hall–Kier alpha value is -1.69. The van der Waals surface area contributed by atoms with Gasteiger partial charge < -0.3 is 15.5 Å². The highest BCUT2D eigenvalue weighted by Gasteiger charge is 2.18. The van der Waals surface area contributed by atoms with Gasteiger partial charge in [0.2, 0.25) is 5.91 Å². The van der Waals surface area contributed by atoms with E-state index >= 15 is 0 Å². The van der Waals surface area contributed by atoms with Gasteiger partial charge in [0, 0.05) is 32.3 Å². The molecule has 0 unspecified atom stereocenters. The van der Waals surface area contributed by atoms with Crippen molar-refractivity contribution in [3.63, 3.8) is 0 Å². The van der Waals surface area contributed by atoms with Crippen molar-refractivity contribution < 1.29 is 4.79 Å². The zero-order chi connectivity index (χ0) is 12.8. The molecular formula is C12H16N4OS. The molecule has 1 amide bonds. The molecule has 2 N–H and O–H groups in total. The second kappa shape index (κ2) is 6.30. The Bertz CT molecular complexity index is 423. The van der Waals surface area contributed by atoms with Gasteiger partial charge in [0.25, 0.3) is 0 Å². The minimum absolute atomic E-state index is 0.239. The van der Waals surface area contributed by atoms with Crippen molar-refractivity contribution in [1.82, 2.24) is 15.2 Å². The number of amides is 1. The van der Waals surface area contributed by atoms with Crippen molar-refractivity contribution in [2.75, 3.05) is 25.0 Å². The Labute approximate surface area is 112 Å². The normalized spacial score (nSPS) is 14.7. The van der Waals surface area contributed by atoms with Crippen LogP contribution in [-0.2, 0) is 4.79 Å². The molecule has 0 spiro atoms. The van der Waals surface area contributed by atoms with Gasteiger partial charge in [-0.25, -0.2) is 0 Å². The number of hydrogen-bond donors (Lipinski definition) is 2. The van der Waals surface area contributed by atoms with Gasteiger partial charge in [0.15, 0.2) is 5.11 Å². The van der Waals surface area contributed by atoms with Crippen molar-refractivity contribution in [3.05, 3.63) is 24.5 Å². The zero-order valence-electron chi connectivity index (χ0n) is 10.1. The molecule has 0 radical (unpaired) electrons. The number of pyridine rings is 1. The highest BCUT2D eigenvalue weighted by molar-refractivity contribution is 7.80. The Morgan fingerprint density at radius 1 is 1.56 bits per heavy atom. The smallest absolute Gasteiger partial charge is 0.222 e. The van der Waals surface area contributed by atoms with E-state index in [-0.39, 0.29) is 5.91 Å². The van der Waals surface area contributed by atoms with Crippen LogP contribution in [0.4, 0.5) is 5.69 Å². The van der Waals surface area contributed by atoms with E-state index in [2.05, 4.69) is 15.6 Å². The fourth-order valence-electron chi connectivity index (χ4n) is 1.86. The Balaban J connectivity index is 1.67. The first-order valence-electron chi connectivity index (χ1n) is 5.98. The molecule has 1 aromatic heterocycles. The molecule has 1 aliphatic rings. The third kappa shape index (κ3) is 3.66. The number of nitrogens with one attached hydrogen (secondary N) is 2. The van der Waals surface area contributed by atoms with Crippen LogP contribution >= 0.6 is 12.2 Å². The monoisotopic (exact) mass is 264 g/mol. The predicted octanol–water partition coefficient (Wildman–Crippen LogP) is 0.990. The summed E-state index contributed by atoms with van der Waals surface area (Å²) < 4.78 is 0. The summed E-state index contributed by atoms with van der Waals surface area (Å²) in [6, 6.07) is 3.73. The Kier molecular flexibility index (Phi) is 4.46. The average molecular weight is 264 g/mol. The molecule has 2 heterocycles. The van der Waals surface area contributed by atoms with E-state index in [4.69, 9.17) is 12.2 Å². The molecule has 1 aliphatic heterocycles. The topological polar surface area (TPSA) is 57.3 Å². The molecular weight excluding hydrogens is 248 g/mol. The molecule has 1 fully saturated rings. The van der Waals surface area contributed by atoms with E-state index in [9.17, 15) is 4.79 Å². The number of carbonyl (C=O) groups excluding carboxylic acids is 1. The standard InChI is InChI=1S/C12H16N4OS/c17-11-4-2-7-16(11)8-6-14-12(18)15-10-3-1-5-13-9-10/h1,3,5,9H,2,4,6-8H2,(H2,14,15,18). The summed E-state index contributed by atoms with van der Waals surface area (Å²) in [5, 5.41) is 6.66. The van der Waals surface area contributed by atoms with Crippen LogP contribution in [0.2, 0.25) is 0 Å². The fourth-order valence-corrected chi connectivity index (χ4v) is 2.08. The molecule has 18 heavy (non-hydrogen) atoms. The third-order valence-electron chi connectivity index (χ3n) is 2.76. The molecule has 6 heteroatoms. The summed E-state index contributed by atoms with van der Waals surface area (Å²) in [5.41, 5.74) is 0.854. The summed E-state index contributed by atoms with van der Waals surface area (Å²) in [6.07, 6.45) is 5.06. The van der Waals surface area contributed by atoms with E-state index in [0.29, 0.717) is 24.6 Å². The number of anilines is 1. The van der Waals surface area contributed by atoms with E-state index in [1.807, 2.05) is 17.0 Å². The van der Waals surface area contributed by atoms with Crippen LogP contribution in [0.3, 0.4) is 0 Å². The molecule has 0 bridgehead atoms. The summed E-state index contributed by atoms with van der Waals surface area (Å²) >= 11 is 5.15. The molecule has 0 aromatic carbocycles. The summed E-state index contributed by atoms with van der Waals surface area (Å²) in [7, 11) is 0. The number of thiocarbonyl (C=S) groups is 1. The molecule has 2 rings (SSSR count). The van der Waals surface area contributed by atoms with Gasteiger partial charge in [-0.05, 0) is 30.8 Å². The van der Waals surface area contributed by atoms with Gasteiger partial charge >= 0.3 is 0 Å². The average Bonchev–Trinajstić information content (AvgIpc) is 2.76. The molecule has 1 aromatic rings. The lowest BCUT2D eigenvalue weighted by Crippen LogP contribution is -2.37. The highest BCUT2D eigenvalue weighted by atomic mass is 32.1. The van der Waals surface area contributed by atoms with Crippen LogP contribution in [-0.4, -0.2) is 40.5 Å². The molecule has 0 aliphatic carbocycles. The van der Waals surface area contributed by atoms with Crippen LogP contribution < -0.4 is 10.6 Å². The lowest BCUT2D eigenvalue weighted by Gasteiger charge is -2.16. The lowest BCUT2D eigenvalue weighted by molar-refractivity contribution is -0.127. The van der Waals surface area contributed by atoms with Crippen molar-refractivity contribution in [2.45, 2.75) is 12.8 Å². The van der Waals surface area contributed by atoms with E-state index in [1.165, 1.54) is 0 Å². The van der Waals surface area contributed by atoms with Crippen molar-refractivity contribution in [1.29, 1.82) is 0 Å². The Morgan fingerprint density at radius 2 is 2.44 bits per heavy atom. The van der Waals surface area contributed by atoms with E-state index in [0.717, 1.165) is 18.7 Å². The maximum Gasteiger partial charge on any atom is 0.222 e. The van der Waals surface area contributed by atoms with Gasteiger partial charge in [0.05, 0.1) is 11.9 Å². The minimum Gasteiger partial charge on any atom is -0.361 e. The number of nitrogens with zero attached hydrogens (tertiary/aromatic N) is 2. The third-order valence-corrected chi connectivity index (χ3v) is 3.00. The van der Waals surface area contributed by atoms with Crippen molar-refractivity contribution >= 4 is 28.9 Å². The molecule has 0 saturated carbocycles.